The summed E-state index contributed by atoms with van der Waals surface area (Å²) in [5.41, 5.74) is 1.93. The summed E-state index contributed by atoms with van der Waals surface area (Å²) in [6.07, 6.45) is 10.6. The first-order valence-corrected chi connectivity index (χ1v) is 17.2. The molecule has 0 N–H and O–H groups in total. The topological polar surface area (TPSA) is 35.5 Å². The van der Waals surface area contributed by atoms with E-state index in [1.165, 1.54) is 38.5 Å². The maximum Gasteiger partial charge on any atom is 0.193 e. The van der Waals surface area contributed by atoms with Crippen LogP contribution < -0.4 is 9.47 Å². The Morgan fingerprint density at radius 1 is 0.605 bits per heavy atom. The quantitative estimate of drug-likeness (QED) is 0.245. The molecule has 0 spiro atoms. The third kappa shape index (κ3) is 7.87. The lowest BCUT2D eigenvalue weighted by Gasteiger charge is -2.49. The molecule has 0 aromatic heterocycles. The zero-order valence-electron chi connectivity index (χ0n) is 29.0. The normalized spacial score (nSPS) is 23.8. The molecular weight excluding hydrogens is 528 g/mol. The largest absolute Gasteiger partial charge is 0.490 e. The minimum Gasteiger partial charge on any atom is -0.490 e. The number of carbonyl (C=O) groups is 1. The van der Waals surface area contributed by atoms with E-state index in [1.54, 1.807) is 0 Å². The van der Waals surface area contributed by atoms with Crippen LogP contribution in [0, 0.1) is 40.4 Å². The van der Waals surface area contributed by atoms with Crippen LogP contribution in [0.3, 0.4) is 0 Å². The molecule has 3 heteroatoms. The third-order valence-corrected chi connectivity index (χ3v) is 12.4. The first kappa shape index (κ1) is 33.6. The molecule has 238 valence electrons. The second-order valence-electron chi connectivity index (χ2n) is 16.2. The van der Waals surface area contributed by atoms with Gasteiger partial charge in [0.1, 0.15) is 17.1 Å². The van der Waals surface area contributed by atoms with Crippen molar-refractivity contribution in [1.29, 1.82) is 0 Å². The van der Waals surface area contributed by atoms with Gasteiger partial charge in [-0.3, -0.25) is 4.79 Å². The van der Waals surface area contributed by atoms with Gasteiger partial charge < -0.3 is 9.47 Å². The zero-order valence-corrected chi connectivity index (χ0v) is 29.0. The molecule has 0 saturated heterocycles. The third-order valence-electron chi connectivity index (χ3n) is 12.4. The Balaban J connectivity index is 1.26. The molecular formula is C40H60O3. The molecule has 0 amide bonds. The Kier molecular flexibility index (Phi) is 10.4. The minimum absolute atomic E-state index is 0.0192. The van der Waals surface area contributed by atoms with Gasteiger partial charge in [-0.05, 0) is 154 Å². The van der Waals surface area contributed by atoms with E-state index >= 15 is 0 Å². The molecule has 2 aromatic rings. The number of benzene rings is 2. The summed E-state index contributed by atoms with van der Waals surface area (Å²) < 4.78 is 12.6. The Hall–Kier alpha value is -2.29. The fourth-order valence-electron chi connectivity index (χ4n) is 7.45. The van der Waals surface area contributed by atoms with Gasteiger partial charge in [-0.1, -0.05) is 55.4 Å². The zero-order chi connectivity index (χ0) is 31.6. The lowest BCUT2D eigenvalue weighted by atomic mass is 9.57. The van der Waals surface area contributed by atoms with Crippen molar-refractivity contribution in [2.45, 2.75) is 132 Å². The molecule has 0 atom stereocenters. The van der Waals surface area contributed by atoms with Gasteiger partial charge in [-0.15, -0.1) is 0 Å². The Bertz CT molecular complexity index is 1170. The van der Waals surface area contributed by atoms with Gasteiger partial charge in [0.25, 0.3) is 0 Å². The van der Waals surface area contributed by atoms with Gasteiger partial charge in [-0.2, -0.15) is 0 Å². The molecule has 3 nitrogen and oxygen atoms in total. The van der Waals surface area contributed by atoms with Crippen molar-refractivity contribution in [2.75, 3.05) is 0 Å². The van der Waals surface area contributed by atoms with Gasteiger partial charge in [-0.25, -0.2) is 0 Å². The number of ketones is 1. The fraction of sp³-hybridized carbons (Fsp3) is 0.675. The van der Waals surface area contributed by atoms with Crippen molar-refractivity contribution in [2.24, 2.45) is 40.4 Å². The highest BCUT2D eigenvalue weighted by molar-refractivity contribution is 6.09. The minimum atomic E-state index is -0.263. The lowest BCUT2D eigenvalue weighted by molar-refractivity contribution is 0.00240. The van der Waals surface area contributed by atoms with Gasteiger partial charge in [0.05, 0.1) is 6.10 Å². The summed E-state index contributed by atoms with van der Waals surface area (Å²) in [6, 6.07) is 15.2. The lowest BCUT2D eigenvalue weighted by Crippen LogP contribution is -2.40. The van der Waals surface area contributed by atoms with E-state index in [9.17, 15) is 4.79 Å². The second kappa shape index (κ2) is 13.4. The molecule has 0 unspecified atom stereocenters. The van der Waals surface area contributed by atoms with Crippen LogP contribution in [0.25, 0.3) is 0 Å². The molecule has 0 heterocycles. The van der Waals surface area contributed by atoms with Crippen LogP contribution in [0.4, 0.5) is 0 Å². The van der Waals surface area contributed by atoms with Crippen molar-refractivity contribution < 1.29 is 14.3 Å². The van der Waals surface area contributed by atoms with Crippen molar-refractivity contribution in [3.05, 3.63) is 59.7 Å². The number of rotatable bonds is 11. The molecule has 0 bridgehead atoms. The number of carbonyl (C=O) groups excluding carboxylic acids is 1. The van der Waals surface area contributed by atoms with E-state index in [-0.39, 0.29) is 17.5 Å². The smallest absolute Gasteiger partial charge is 0.193 e. The highest BCUT2D eigenvalue weighted by atomic mass is 16.5. The summed E-state index contributed by atoms with van der Waals surface area (Å²) in [7, 11) is 0. The molecule has 2 aromatic carbocycles. The molecule has 2 saturated carbocycles. The van der Waals surface area contributed by atoms with Crippen molar-refractivity contribution in [3.63, 3.8) is 0 Å². The van der Waals surface area contributed by atoms with E-state index in [0.717, 1.165) is 48.0 Å². The SMILES string of the molecule is CC(C)C(C)(C)Oc1ccc(C(=O)c2ccc(OC3CCC(C(C)(C)C4CCC(C(C)(C)C(C)C)CC4)CC3)cc2)cc1. The van der Waals surface area contributed by atoms with E-state index < -0.39 is 0 Å². The first-order valence-electron chi connectivity index (χ1n) is 17.2. The Labute approximate surface area is 263 Å². The molecule has 0 aliphatic heterocycles. The van der Waals surface area contributed by atoms with Crippen LogP contribution in [-0.4, -0.2) is 17.5 Å². The maximum atomic E-state index is 13.1. The van der Waals surface area contributed by atoms with Crippen LogP contribution in [0.2, 0.25) is 0 Å². The monoisotopic (exact) mass is 588 g/mol. The Morgan fingerprint density at radius 3 is 1.47 bits per heavy atom. The van der Waals surface area contributed by atoms with E-state index in [1.807, 2.05) is 48.5 Å². The highest BCUT2D eigenvalue weighted by Gasteiger charge is 2.43. The molecule has 0 radical (unpaired) electrons. The molecule has 4 rings (SSSR count). The molecule has 43 heavy (non-hydrogen) atoms. The number of ether oxygens (including phenoxy) is 2. The predicted molar refractivity (Wildman–Crippen MR) is 180 cm³/mol. The van der Waals surface area contributed by atoms with Gasteiger partial charge in [0.15, 0.2) is 5.78 Å². The van der Waals surface area contributed by atoms with Crippen molar-refractivity contribution >= 4 is 5.78 Å². The van der Waals surface area contributed by atoms with E-state index in [2.05, 4.69) is 69.2 Å². The van der Waals surface area contributed by atoms with Crippen LogP contribution in [0.5, 0.6) is 11.5 Å². The van der Waals surface area contributed by atoms with Gasteiger partial charge in [0, 0.05) is 11.1 Å². The van der Waals surface area contributed by atoms with Crippen LogP contribution in [0.1, 0.15) is 137 Å². The molecule has 2 aliphatic carbocycles. The summed E-state index contributed by atoms with van der Waals surface area (Å²) >= 11 is 0. The summed E-state index contributed by atoms with van der Waals surface area (Å²) in [5.74, 6) is 5.29. The van der Waals surface area contributed by atoms with Crippen molar-refractivity contribution in [3.8, 4) is 11.5 Å². The number of hydrogen-bond donors (Lipinski definition) is 0. The van der Waals surface area contributed by atoms with Gasteiger partial charge >= 0.3 is 0 Å². The van der Waals surface area contributed by atoms with Gasteiger partial charge in [0.2, 0.25) is 0 Å². The second-order valence-corrected chi connectivity index (χ2v) is 16.2. The first-order chi connectivity index (χ1) is 20.1. The number of hydrogen-bond acceptors (Lipinski definition) is 3. The Morgan fingerprint density at radius 2 is 1.02 bits per heavy atom. The van der Waals surface area contributed by atoms with E-state index in [0.29, 0.717) is 27.9 Å². The molecule has 2 fully saturated rings. The van der Waals surface area contributed by atoms with E-state index in [4.69, 9.17) is 9.47 Å². The average Bonchev–Trinajstić information content (AvgIpc) is 2.97. The fourth-order valence-corrected chi connectivity index (χ4v) is 7.45. The summed E-state index contributed by atoms with van der Waals surface area (Å²) in [5, 5.41) is 0. The summed E-state index contributed by atoms with van der Waals surface area (Å²) in [6.45, 7) is 23.4. The average molecular weight is 589 g/mol. The van der Waals surface area contributed by atoms with Crippen molar-refractivity contribution in [1.82, 2.24) is 0 Å². The molecule has 2 aliphatic rings. The standard InChI is InChI=1S/C40H60O3/c1-27(2)38(5,6)31-15-17-32(18-16-31)39(7,8)33-19-25-35(26-20-33)42-34-21-11-29(12-22-34)37(41)30-13-23-36(24-14-30)43-40(9,10)28(3)4/h11-14,21-24,27-28,31-33,35H,15-20,25-26H2,1-10H3. The van der Waals surface area contributed by atoms with Crippen LogP contribution in [-0.2, 0) is 0 Å². The highest BCUT2D eigenvalue weighted by Crippen LogP contribution is 2.52. The maximum absolute atomic E-state index is 13.1. The van der Waals surface area contributed by atoms with Crippen LogP contribution in [0.15, 0.2) is 48.5 Å². The predicted octanol–water partition coefficient (Wildman–Crippen LogP) is 11.2. The summed E-state index contributed by atoms with van der Waals surface area (Å²) in [4.78, 5) is 13.1. The van der Waals surface area contributed by atoms with Crippen LogP contribution >= 0.6 is 0 Å².